The van der Waals surface area contributed by atoms with Crippen LogP contribution in [0.3, 0.4) is 0 Å². The van der Waals surface area contributed by atoms with Crippen LogP contribution in [0.1, 0.15) is 26.5 Å². The Morgan fingerprint density at radius 3 is 2.71 bits per heavy atom. The highest BCUT2D eigenvalue weighted by Gasteiger charge is 2.39. The molecule has 0 spiro atoms. The highest BCUT2D eigenvalue weighted by Crippen LogP contribution is 2.18. The molecule has 1 aliphatic heterocycles. The molecule has 1 aromatic heterocycles. The van der Waals surface area contributed by atoms with E-state index in [0.717, 1.165) is 0 Å². The van der Waals surface area contributed by atoms with Crippen molar-refractivity contribution in [1.29, 1.82) is 0 Å². The molecular weight excluding hydrogens is 270 g/mol. The number of carbonyl (C=O) groups excluding carboxylic acids is 2. The molecule has 0 bridgehead atoms. The molecule has 21 heavy (non-hydrogen) atoms. The molecule has 114 valence electrons. The van der Waals surface area contributed by atoms with E-state index >= 15 is 0 Å². The predicted octanol–water partition coefficient (Wildman–Crippen LogP) is 0.962. The SMILES string of the molecule is COc1cccc(CN2C(=O)C(C(C)C)NC(=O)C2C)n1. The van der Waals surface area contributed by atoms with Gasteiger partial charge in [-0.05, 0) is 18.9 Å². The summed E-state index contributed by atoms with van der Waals surface area (Å²) in [7, 11) is 1.54. The average Bonchev–Trinajstić information content (AvgIpc) is 2.47. The van der Waals surface area contributed by atoms with E-state index in [4.69, 9.17) is 4.74 Å². The zero-order chi connectivity index (χ0) is 15.6. The van der Waals surface area contributed by atoms with E-state index in [1.165, 1.54) is 0 Å². The standard InChI is InChI=1S/C15H21N3O3/c1-9(2)13-15(20)18(10(3)14(19)17-13)8-11-6-5-7-12(16-11)21-4/h5-7,9-10,13H,8H2,1-4H3,(H,17,19). The normalized spacial score (nSPS) is 22.4. The van der Waals surface area contributed by atoms with Crippen molar-refractivity contribution in [3.8, 4) is 5.88 Å². The number of rotatable bonds is 4. The van der Waals surface area contributed by atoms with Crippen molar-refractivity contribution in [2.45, 2.75) is 39.4 Å². The number of methoxy groups -OCH3 is 1. The fourth-order valence-electron chi connectivity index (χ4n) is 2.35. The van der Waals surface area contributed by atoms with Crippen molar-refractivity contribution in [3.05, 3.63) is 23.9 Å². The van der Waals surface area contributed by atoms with E-state index in [1.807, 2.05) is 26.0 Å². The van der Waals surface area contributed by atoms with E-state index in [2.05, 4.69) is 10.3 Å². The molecule has 2 heterocycles. The first-order valence-electron chi connectivity index (χ1n) is 7.04. The number of nitrogens with one attached hydrogen (secondary N) is 1. The summed E-state index contributed by atoms with van der Waals surface area (Å²) >= 11 is 0. The number of amides is 2. The zero-order valence-corrected chi connectivity index (χ0v) is 12.8. The summed E-state index contributed by atoms with van der Waals surface area (Å²) in [6.45, 7) is 5.86. The number of carbonyl (C=O) groups is 2. The van der Waals surface area contributed by atoms with Crippen LogP contribution < -0.4 is 10.1 Å². The maximum atomic E-state index is 12.5. The number of ether oxygens (including phenoxy) is 1. The molecule has 2 atom stereocenters. The Hall–Kier alpha value is -2.11. The number of nitrogens with zero attached hydrogens (tertiary/aromatic N) is 2. The van der Waals surface area contributed by atoms with Gasteiger partial charge in [0.05, 0.1) is 19.3 Å². The van der Waals surface area contributed by atoms with Gasteiger partial charge in [0, 0.05) is 6.07 Å². The highest BCUT2D eigenvalue weighted by atomic mass is 16.5. The molecule has 0 saturated carbocycles. The number of hydrogen-bond donors (Lipinski definition) is 1. The largest absolute Gasteiger partial charge is 0.481 e. The Bertz CT molecular complexity index is 545. The molecule has 1 aromatic rings. The summed E-state index contributed by atoms with van der Waals surface area (Å²) in [5, 5.41) is 2.78. The Balaban J connectivity index is 2.22. The maximum absolute atomic E-state index is 12.5. The molecule has 2 unspecified atom stereocenters. The number of pyridine rings is 1. The van der Waals surface area contributed by atoms with Crippen LogP contribution in [0.25, 0.3) is 0 Å². The van der Waals surface area contributed by atoms with Gasteiger partial charge in [-0.15, -0.1) is 0 Å². The van der Waals surface area contributed by atoms with Gasteiger partial charge in [0.25, 0.3) is 0 Å². The monoisotopic (exact) mass is 291 g/mol. The average molecular weight is 291 g/mol. The van der Waals surface area contributed by atoms with Crippen LogP contribution in [0.5, 0.6) is 5.88 Å². The van der Waals surface area contributed by atoms with Crippen LogP contribution in [-0.4, -0.2) is 40.9 Å². The predicted molar refractivity (Wildman–Crippen MR) is 77.6 cm³/mol. The Morgan fingerprint density at radius 1 is 1.38 bits per heavy atom. The van der Waals surface area contributed by atoms with Gasteiger partial charge in [0.2, 0.25) is 17.7 Å². The van der Waals surface area contributed by atoms with Gasteiger partial charge < -0.3 is 15.0 Å². The molecule has 0 aliphatic carbocycles. The first-order chi connectivity index (χ1) is 9.93. The second-order valence-electron chi connectivity index (χ2n) is 5.54. The number of hydrogen-bond acceptors (Lipinski definition) is 4. The Morgan fingerprint density at radius 2 is 2.10 bits per heavy atom. The smallest absolute Gasteiger partial charge is 0.246 e. The van der Waals surface area contributed by atoms with Gasteiger partial charge in [0.15, 0.2) is 0 Å². The molecule has 6 nitrogen and oxygen atoms in total. The summed E-state index contributed by atoms with van der Waals surface area (Å²) in [6.07, 6.45) is 0. The Kier molecular flexibility index (Phi) is 4.45. The zero-order valence-electron chi connectivity index (χ0n) is 12.8. The van der Waals surface area contributed by atoms with Crippen LogP contribution in [0, 0.1) is 5.92 Å². The lowest BCUT2D eigenvalue weighted by atomic mass is 9.98. The molecule has 2 rings (SSSR count). The van der Waals surface area contributed by atoms with Crippen molar-refractivity contribution in [1.82, 2.24) is 15.2 Å². The summed E-state index contributed by atoms with van der Waals surface area (Å²) in [5.74, 6) is 0.349. The van der Waals surface area contributed by atoms with Crippen molar-refractivity contribution in [2.75, 3.05) is 7.11 Å². The third-order valence-corrected chi connectivity index (χ3v) is 3.68. The van der Waals surface area contributed by atoms with Gasteiger partial charge in [-0.25, -0.2) is 4.98 Å². The van der Waals surface area contributed by atoms with Crippen molar-refractivity contribution < 1.29 is 14.3 Å². The summed E-state index contributed by atoms with van der Waals surface area (Å²) in [5.41, 5.74) is 0.701. The van der Waals surface area contributed by atoms with Crippen molar-refractivity contribution in [2.24, 2.45) is 5.92 Å². The quantitative estimate of drug-likeness (QED) is 0.897. The lowest BCUT2D eigenvalue weighted by molar-refractivity contribution is -0.150. The van der Waals surface area contributed by atoms with Gasteiger partial charge in [0.1, 0.15) is 12.1 Å². The summed E-state index contributed by atoms with van der Waals surface area (Å²) in [6, 6.07) is 4.41. The van der Waals surface area contributed by atoms with E-state index in [0.29, 0.717) is 18.1 Å². The fourth-order valence-corrected chi connectivity index (χ4v) is 2.35. The van der Waals surface area contributed by atoms with E-state index in [9.17, 15) is 9.59 Å². The summed E-state index contributed by atoms with van der Waals surface area (Å²) in [4.78, 5) is 30.4. The third-order valence-electron chi connectivity index (χ3n) is 3.68. The molecule has 0 aromatic carbocycles. The molecule has 1 N–H and O–H groups in total. The van der Waals surface area contributed by atoms with Gasteiger partial charge >= 0.3 is 0 Å². The minimum atomic E-state index is -0.500. The highest BCUT2D eigenvalue weighted by molar-refractivity contribution is 5.96. The van der Waals surface area contributed by atoms with Gasteiger partial charge in [-0.2, -0.15) is 0 Å². The van der Waals surface area contributed by atoms with E-state index < -0.39 is 12.1 Å². The maximum Gasteiger partial charge on any atom is 0.246 e. The number of piperazine rings is 1. The van der Waals surface area contributed by atoms with Crippen LogP contribution >= 0.6 is 0 Å². The molecule has 1 aliphatic rings. The van der Waals surface area contributed by atoms with Crippen LogP contribution in [0.2, 0.25) is 0 Å². The second kappa shape index (κ2) is 6.11. The molecular formula is C15H21N3O3. The second-order valence-corrected chi connectivity index (χ2v) is 5.54. The minimum absolute atomic E-state index is 0.0507. The molecule has 0 radical (unpaired) electrons. The van der Waals surface area contributed by atoms with Crippen LogP contribution in [0.15, 0.2) is 18.2 Å². The van der Waals surface area contributed by atoms with Crippen LogP contribution in [0.4, 0.5) is 0 Å². The topological polar surface area (TPSA) is 71.5 Å². The van der Waals surface area contributed by atoms with Gasteiger partial charge in [-0.3, -0.25) is 9.59 Å². The summed E-state index contributed by atoms with van der Waals surface area (Å²) < 4.78 is 5.08. The van der Waals surface area contributed by atoms with Crippen molar-refractivity contribution in [3.63, 3.8) is 0 Å². The third kappa shape index (κ3) is 3.15. The number of aromatic nitrogens is 1. The fraction of sp³-hybridized carbons (Fsp3) is 0.533. The van der Waals surface area contributed by atoms with Crippen molar-refractivity contribution >= 4 is 11.8 Å². The first-order valence-corrected chi connectivity index (χ1v) is 7.04. The molecule has 2 amide bonds. The lowest BCUT2D eigenvalue weighted by Gasteiger charge is -2.38. The van der Waals surface area contributed by atoms with Crippen LogP contribution in [-0.2, 0) is 16.1 Å². The lowest BCUT2D eigenvalue weighted by Crippen LogP contribution is -2.63. The molecule has 1 fully saturated rings. The minimum Gasteiger partial charge on any atom is -0.481 e. The Labute approximate surface area is 124 Å². The molecule has 6 heteroatoms. The van der Waals surface area contributed by atoms with E-state index in [1.54, 1.807) is 25.0 Å². The van der Waals surface area contributed by atoms with E-state index in [-0.39, 0.29) is 17.7 Å². The first kappa shape index (κ1) is 15.3. The molecule has 1 saturated heterocycles. The van der Waals surface area contributed by atoms with Gasteiger partial charge in [-0.1, -0.05) is 19.9 Å².